The number of carbonyl (C=O) groups excluding carboxylic acids is 1. The Balaban J connectivity index is 1.83. The first-order chi connectivity index (χ1) is 18.9. The number of aliphatic carboxylic acids is 1. The maximum atomic E-state index is 14.3. The molecule has 4 rings (SSSR count). The molecule has 1 fully saturated rings. The van der Waals surface area contributed by atoms with Crippen LogP contribution in [0.15, 0.2) is 78.0 Å². The van der Waals surface area contributed by atoms with Gasteiger partial charge in [0.05, 0.1) is 17.9 Å². The molecule has 2 N–H and O–H groups in total. The molecule has 8 nitrogen and oxygen atoms in total. The predicted octanol–water partition coefficient (Wildman–Crippen LogP) is 5.68. The fourth-order valence-electron chi connectivity index (χ4n) is 5.51. The highest BCUT2D eigenvalue weighted by molar-refractivity contribution is 7.89. The number of piperidine rings is 1. The van der Waals surface area contributed by atoms with Crippen molar-refractivity contribution in [3.8, 4) is 0 Å². The molecule has 1 aliphatic rings. The number of aromatic nitrogens is 1. The van der Waals surface area contributed by atoms with Crippen LogP contribution in [-0.4, -0.2) is 47.9 Å². The van der Waals surface area contributed by atoms with Gasteiger partial charge in [-0.1, -0.05) is 67.4 Å². The number of benzene rings is 2. The van der Waals surface area contributed by atoms with Gasteiger partial charge in [-0.3, -0.25) is 9.59 Å². The number of hydrogen-bond acceptors (Lipinski definition) is 5. The van der Waals surface area contributed by atoms with Crippen LogP contribution in [0.5, 0.6) is 0 Å². The second-order valence-electron chi connectivity index (χ2n) is 10.3. The average molecular weight is 605 g/mol. The molecule has 0 spiro atoms. The molecule has 3 aromatic rings. The maximum Gasteiger partial charge on any atom is 0.304 e. The summed E-state index contributed by atoms with van der Waals surface area (Å²) in [4.78, 5) is 31.9. The second-order valence-corrected chi connectivity index (χ2v) is 12.9. The van der Waals surface area contributed by atoms with Crippen LogP contribution in [0.4, 0.5) is 0 Å². The number of rotatable bonds is 10. The van der Waals surface area contributed by atoms with Gasteiger partial charge in [-0.25, -0.2) is 18.1 Å². The van der Waals surface area contributed by atoms with E-state index in [0.29, 0.717) is 16.5 Å². The SMILES string of the molecule is CC[C@@H](CNS(=O)(=O)c1ccccn1)N1C(=O)[C@@](C)(CC(=O)O)C[C@H](c2cccc(Cl)c2)[C@H]1c1ccc(Cl)cc1. The van der Waals surface area contributed by atoms with Crippen LogP contribution in [-0.2, 0) is 19.6 Å². The van der Waals surface area contributed by atoms with Crippen molar-refractivity contribution in [2.75, 3.05) is 6.54 Å². The summed E-state index contributed by atoms with van der Waals surface area (Å²) < 4.78 is 28.7. The van der Waals surface area contributed by atoms with Crippen molar-refractivity contribution in [3.05, 3.63) is 94.1 Å². The Morgan fingerprint density at radius 2 is 1.82 bits per heavy atom. The van der Waals surface area contributed by atoms with Gasteiger partial charge in [-0.15, -0.1) is 0 Å². The molecule has 40 heavy (non-hydrogen) atoms. The number of likely N-dealkylation sites (tertiary alicyclic amines) is 1. The van der Waals surface area contributed by atoms with E-state index in [1.807, 2.05) is 37.3 Å². The van der Waals surface area contributed by atoms with Gasteiger partial charge in [0.25, 0.3) is 10.0 Å². The zero-order chi connectivity index (χ0) is 29.1. The van der Waals surface area contributed by atoms with Crippen molar-refractivity contribution in [2.45, 2.75) is 56.1 Å². The Labute approximate surface area is 244 Å². The Hall–Kier alpha value is -2.98. The molecule has 0 aliphatic carbocycles. The quantitative estimate of drug-likeness (QED) is 0.308. The summed E-state index contributed by atoms with van der Waals surface area (Å²) in [5.74, 6) is -1.77. The van der Waals surface area contributed by atoms with Crippen LogP contribution in [0, 0.1) is 5.41 Å². The fraction of sp³-hybridized carbons (Fsp3) is 0.345. The third-order valence-electron chi connectivity index (χ3n) is 7.42. The number of halogens is 2. The first kappa shape index (κ1) is 30.0. The molecule has 4 atom stereocenters. The molecule has 0 bridgehead atoms. The molecule has 1 amide bonds. The van der Waals surface area contributed by atoms with Crippen LogP contribution in [0.25, 0.3) is 0 Å². The summed E-state index contributed by atoms with van der Waals surface area (Å²) in [6.07, 6.45) is 1.69. The molecule has 1 aromatic heterocycles. The smallest absolute Gasteiger partial charge is 0.304 e. The van der Waals surface area contributed by atoms with E-state index in [-0.39, 0.29) is 36.2 Å². The van der Waals surface area contributed by atoms with Gasteiger partial charge >= 0.3 is 5.97 Å². The van der Waals surface area contributed by atoms with E-state index >= 15 is 0 Å². The maximum absolute atomic E-state index is 14.3. The molecule has 212 valence electrons. The number of carboxylic acid groups (broad SMARTS) is 1. The highest BCUT2D eigenvalue weighted by atomic mass is 35.5. The number of nitrogens with one attached hydrogen (secondary N) is 1. The third kappa shape index (κ3) is 6.49. The molecule has 0 unspecified atom stereocenters. The summed E-state index contributed by atoms with van der Waals surface area (Å²) in [6, 6.07) is 18.0. The lowest BCUT2D eigenvalue weighted by atomic mass is 9.67. The number of sulfonamides is 1. The van der Waals surface area contributed by atoms with Crippen LogP contribution in [0.1, 0.15) is 56.2 Å². The summed E-state index contributed by atoms with van der Waals surface area (Å²) >= 11 is 12.6. The molecular weight excluding hydrogens is 573 g/mol. The minimum absolute atomic E-state index is 0.0867. The monoisotopic (exact) mass is 603 g/mol. The molecule has 2 heterocycles. The Kier molecular flexibility index (Phi) is 9.19. The average Bonchev–Trinajstić information content (AvgIpc) is 2.92. The first-order valence-electron chi connectivity index (χ1n) is 12.9. The third-order valence-corrected chi connectivity index (χ3v) is 9.24. The van der Waals surface area contributed by atoms with Crippen molar-refractivity contribution in [3.63, 3.8) is 0 Å². The first-order valence-corrected chi connectivity index (χ1v) is 15.2. The van der Waals surface area contributed by atoms with E-state index < -0.39 is 33.5 Å². The van der Waals surface area contributed by atoms with Gasteiger partial charge in [-0.05, 0) is 60.4 Å². The molecule has 0 saturated carbocycles. The topological polar surface area (TPSA) is 117 Å². The molecule has 0 radical (unpaired) electrons. The van der Waals surface area contributed by atoms with Crippen molar-refractivity contribution in [1.82, 2.24) is 14.6 Å². The summed E-state index contributed by atoms with van der Waals surface area (Å²) in [5, 5.41) is 10.7. The highest BCUT2D eigenvalue weighted by Crippen LogP contribution is 2.52. The van der Waals surface area contributed by atoms with Gasteiger partial charge in [-0.2, -0.15) is 0 Å². The van der Waals surface area contributed by atoms with Crippen LogP contribution < -0.4 is 4.72 Å². The van der Waals surface area contributed by atoms with Crippen molar-refractivity contribution < 1.29 is 23.1 Å². The zero-order valence-electron chi connectivity index (χ0n) is 22.1. The minimum Gasteiger partial charge on any atom is -0.481 e. The lowest BCUT2D eigenvalue weighted by Crippen LogP contribution is -2.58. The molecular formula is C29H31Cl2N3O5S. The Bertz CT molecular complexity index is 1470. The van der Waals surface area contributed by atoms with Crippen molar-refractivity contribution in [1.29, 1.82) is 0 Å². The van der Waals surface area contributed by atoms with Gasteiger partial charge in [0, 0.05) is 34.7 Å². The number of pyridine rings is 1. The number of carboxylic acids is 1. The van der Waals surface area contributed by atoms with Crippen LogP contribution in [0.2, 0.25) is 10.0 Å². The predicted molar refractivity (Wildman–Crippen MR) is 154 cm³/mol. The largest absolute Gasteiger partial charge is 0.481 e. The molecule has 11 heteroatoms. The van der Waals surface area contributed by atoms with E-state index in [2.05, 4.69) is 9.71 Å². The molecule has 1 saturated heterocycles. The molecule has 1 aliphatic heterocycles. The normalized spacial score (nSPS) is 22.2. The van der Waals surface area contributed by atoms with E-state index in [4.69, 9.17) is 23.2 Å². The van der Waals surface area contributed by atoms with Crippen LogP contribution >= 0.6 is 23.2 Å². The van der Waals surface area contributed by atoms with Gasteiger partial charge in [0.2, 0.25) is 5.91 Å². The van der Waals surface area contributed by atoms with Crippen molar-refractivity contribution >= 4 is 45.1 Å². The molecule has 2 aromatic carbocycles. The lowest BCUT2D eigenvalue weighted by molar-refractivity contribution is -0.160. The summed E-state index contributed by atoms with van der Waals surface area (Å²) in [7, 11) is -3.96. The Morgan fingerprint density at radius 3 is 2.42 bits per heavy atom. The lowest BCUT2D eigenvalue weighted by Gasteiger charge is -2.52. The minimum atomic E-state index is -3.96. The zero-order valence-corrected chi connectivity index (χ0v) is 24.5. The van der Waals surface area contributed by atoms with E-state index in [1.165, 1.54) is 12.3 Å². The van der Waals surface area contributed by atoms with E-state index in [1.54, 1.807) is 42.2 Å². The van der Waals surface area contributed by atoms with Crippen LogP contribution in [0.3, 0.4) is 0 Å². The summed E-state index contributed by atoms with van der Waals surface area (Å²) in [6.45, 7) is 3.44. The number of amides is 1. The fourth-order valence-corrected chi connectivity index (χ4v) is 6.85. The number of hydrogen-bond donors (Lipinski definition) is 2. The van der Waals surface area contributed by atoms with E-state index in [0.717, 1.165) is 11.1 Å². The van der Waals surface area contributed by atoms with Gasteiger partial charge in [0.1, 0.15) is 0 Å². The van der Waals surface area contributed by atoms with E-state index in [9.17, 15) is 23.1 Å². The van der Waals surface area contributed by atoms with Gasteiger partial charge < -0.3 is 10.0 Å². The number of nitrogens with zero attached hydrogens (tertiary/aromatic N) is 2. The van der Waals surface area contributed by atoms with Gasteiger partial charge in [0.15, 0.2) is 5.03 Å². The number of carbonyl (C=O) groups is 2. The standard InChI is InChI=1S/C29H31Cl2N3O5S/c1-3-23(18-33-40(38,39)25-9-4-5-14-32-25)34-27(19-10-12-21(30)13-11-19)24(20-7-6-8-22(31)15-20)16-29(2,28(34)37)17-26(35)36/h4-15,23-24,27,33H,3,16-18H2,1-2H3,(H,35,36)/t23-,24+,27+,29+/m0/s1. The highest BCUT2D eigenvalue weighted by Gasteiger charge is 2.52. The summed E-state index contributed by atoms with van der Waals surface area (Å²) in [5.41, 5.74) is 0.409. The second kappa shape index (κ2) is 12.3. The van der Waals surface area contributed by atoms with Crippen molar-refractivity contribution in [2.24, 2.45) is 5.41 Å². The Morgan fingerprint density at radius 1 is 1.10 bits per heavy atom.